The normalized spacial score (nSPS) is 10.3. The first-order valence-electron chi connectivity index (χ1n) is 4.35. The van der Waals surface area contributed by atoms with E-state index in [0.29, 0.717) is 11.4 Å². The number of benzene rings is 1. The molecule has 0 unspecified atom stereocenters. The first-order chi connectivity index (χ1) is 7.20. The van der Waals surface area contributed by atoms with Gasteiger partial charge < -0.3 is 10.5 Å². The monoisotopic (exact) mass is 267 g/mol. The Kier molecular flexibility index (Phi) is 2.64. The maximum absolute atomic E-state index is 5.72. The second-order valence-electron chi connectivity index (χ2n) is 3.03. The molecule has 1 heterocycles. The number of aromatic nitrogens is 2. The van der Waals surface area contributed by atoms with Gasteiger partial charge in [0.1, 0.15) is 5.75 Å². The Morgan fingerprint density at radius 3 is 2.87 bits per heavy atom. The first-order valence-corrected chi connectivity index (χ1v) is 5.14. The van der Waals surface area contributed by atoms with Crippen LogP contribution in [0.1, 0.15) is 0 Å². The lowest BCUT2D eigenvalue weighted by molar-refractivity contribution is 0.416. The molecule has 0 atom stereocenters. The summed E-state index contributed by atoms with van der Waals surface area (Å²) in [5.41, 5.74) is 7.25. The van der Waals surface area contributed by atoms with Crippen LogP contribution in [0.4, 0.5) is 5.69 Å². The largest absolute Gasteiger partial charge is 0.495 e. The highest BCUT2D eigenvalue weighted by molar-refractivity contribution is 9.10. The topological polar surface area (TPSA) is 53.1 Å². The Morgan fingerprint density at radius 2 is 2.27 bits per heavy atom. The van der Waals surface area contributed by atoms with E-state index < -0.39 is 0 Å². The van der Waals surface area contributed by atoms with E-state index in [4.69, 9.17) is 10.5 Å². The van der Waals surface area contributed by atoms with E-state index in [9.17, 15) is 0 Å². The Morgan fingerprint density at radius 1 is 1.47 bits per heavy atom. The fraction of sp³-hybridized carbons (Fsp3) is 0.100. The van der Waals surface area contributed by atoms with Crippen molar-refractivity contribution in [1.29, 1.82) is 0 Å². The summed E-state index contributed by atoms with van der Waals surface area (Å²) in [6.07, 6.45) is 3.59. The fourth-order valence-corrected chi connectivity index (χ4v) is 1.57. The minimum Gasteiger partial charge on any atom is -0.495 e. The van der Waals surface area contributed by atoms with E-state index in [0.717, 1.165) is 10.2 Å². The maximum Gasteiger partial charge on any atom is 0.143 e. The summed E-state index contributed by atoms with van der Waals surface area (Å²) in [6.45, 7) is 0. The van der Waals surface area contributed by atoms with E-state index in [1.165, 1.54) is 0 Å². The van der Waals surface area contributed by atoms with Gasteiger partial charge >= 0.3 is 0 Å². The molecule has 4 nitrogen and oxygen atoms in total. The van der Waals surface area contributed by atoms with Gasteiger partial charge in [-0.15, -0.1) is 0 Å². The van der Waals surface area contributed by atoms with Crippen LogP contribution in [0.2, 0.25) is 0 Å². The van der Waals surface area contributed by atoms with Gasteiger partial charge in [-0.05, 0) is 28.1 Å². The zero-order valence-electron chi connectivity index (χ0n) is 8.14. The maximum atomic E-state index is 5.72. The molecular formula is C10H10BrN3O. The van der Waals surface area contributed by atoms with E-state index in [1.54, 1.807) is 24.1 Å². The molecule has 0 saturated carbocycles. The third-order valence-electron chi connectivity index (χ3n) is 2.03. The molecule has 0 amide bonds. The van der Waals surface area contributed by atoms with Gasteiger partial charge in [0.05, 0.1) is 29.2 Å². The van der Waals surface area contributed by atoms with Gasteiger partial charge in [0.2, 0.25) is 0 Å². The second kappa shape index (κ2) is 3.94. The van der Waals surface area contributed by atoms with Crippen LogP contribution in [0, 0.1) is 0 Å². The van der Waals surface area contributed by atoms with Crippen LogP contribution < -0.4 is 10.5 Å². The molecule has 0 saturated heterocycles. The molecule has 0 bridgehead atoms. The Labute approximate surface area is 95.8 Å². The van der Waals surface area contributed by atoms with Crippen LogP contribution in [0.15, 0.2) is 35.1 Å². The number of methoxy groups -OCH3 is 1. The van der Waals surface area contributed by atoms with Crippen molar-refractivity contribution in [1.82, 2.24) is 9.78 Å². The van der Waals surface area contributed by atoms with E-state index in [1.807, 2.05) is 18.3 Å². The molecule has 0 aliphatic rings. The summed E-state index contributed by atoms with van der Waals surface area (Å²) >= 11 is 3.34. The molecule has 0 aliphatic carbocycles. The molecule has 15 heavy (non-hydrogen) atoms. The summed E-state index contributed by atoms with van der Waals surface area (Å²) < 4.78 is 7.81. The highest BCUT2D eigenvalue weighted by atomic mass is 79.9. The molecule has 1 aromatic carbocycles. The van der Waals surface area contributed by atoms with Gasteiger partial charge in [0, 0.05) is 12.3 Å². The van der Waals surface area contributed by atoms with Crippen LogP contribution in [-0.4, -0.2) is 16.9 Å². The minimum absolute atomic E-state index is 0.618. The highest BCUT2D eigenvalue weighted by Crippen LogP contribution is 2.24. The quantitative estimate of drug-likeness (QED) is 0.850. The predicted octanol–water partition coefficient (Wildman–Crippen LogP) is 2.23. The number of rotatable bonds is 2. The Hall–Kier alpha value is -1.49. The number of nitrogens with zero attached hydrogens (tertiary/aromatic N) is 2. The average Bonchev–Trinajstić information content (AvgIpc) is 2.66. The SMILES string of the molecule is COc1cc(-n2cc(Br)cn2)ccc1N. The molecule has 2 aromatic rings. The minimum atomic E-state index is 0.618. The first kappa shape index (κ1) is 10.0. The zero-order valence-corrected chi connectivity index (χ0v) is 9.73. The third-order valence-corrected chi connectivity index (χ3v) is 2.44. The smallest absolute Gasteiger partial charge is 0.143 e. The lowest BCUT2D eigenvalue weighted by Gasteiger charge is -2.07. The van der Waals surface area contributed by atoms with Crippen LogP contribution in [-0.2, 0) is 0 Å². The van der Waals surface area contributed by atoms with Crippen molar-refractivity contribution in [3.05, 3.63) is 35.1 Å². The summed E-state index contributed by atoms with van der Waals surface area (Å²) in [5, 5.41) is 4.16. The van der Waals surface area contributed by atoms with Crippen molar-refractivity contribution in [2.45, 2.75) is 0 Å². The van der Waals surface area contributed by atoms with Crippen molar-refractivity contribution in [2.75, 3.05) is 12.8 Å². The van der Waals surface area contributed by atoms with Crippen LogP contribution in [0.5, 0.6) is 5.75 Å². The second-order valence-corrected chi connectivity index (χ2v) is 3.95. The predicted molar refractivity (Wildman–Crippen MR) is 62.2 cm³/mol. The van der Waals surface area contributed by atoms with E-state index in [-0.39, 0.29) is 0 Å². The van der Waals surface area contributed by atoms with Gasteiger partial charge in [-0.1, -0.05) is 0 Å². The van der Waals surface area contributed by atoms with Crippen molar-refractivity contribution in [3.63, 3.8) is 0 Å². The average molecular weight is 268 g/mol. The molecule has 0 fully saturated rings. The van der Waals surface area contributed by atoms with Crippen molar-refractivity contribution < 1.29 is 4.74 Å². The number of anilines is 1. The molecule has 0 aliphatic heterocycles. The van der Waals surface area contributed by atoms with Crippen molar-refractivity contribution >= 4 is 21.6 Å². The number of hydrogen-bond acceptors (Lipinski definition) is 3. The molecule has 0 radical (unpaired) electrons. The van der Waals surface area contributed by atoms with Gasteiger partial charge in [-0.25, -0.2) is 4.68 Å². The van der Waals surface area contributed by atoms with Gasteiger partial charge in [0.15, 0.2) is 0 Å². The lowest BCUT2D eigenvalue weighted by Crippen LogP contribution is -1.97. The van der Waals surface area contributed by atoms with Crippen LogP contribution >= 0.6 is 15.9 Å². The third kappa shape index (κ3) is 1.97. The molecular weight excluding hydrogens is 258 g/mol. The van der Waals surface area contributed by atoms with Crippen molar-refractivity contribution in [3.8, 4) is 11.4 Å². The molecule has 0 spiro atoms. The number of halogens is 1. The number of nitrogen functional groups attached to an aromatic ring is 1. The Bertz CT molecular complexity index is 481. The summed E-state index contributed by atoms with van der Waals surface area (Å²) in [7, 11) is 1.59. The summed E-state index contributed by atoms with van der Waals surface area (Å²) in [6, 6.07) is 5.52. The molecule has 78 valence electrons. The zero-order chi connectivity index (χ0) is 10.8. The highest BCUT2D eigenvalue weighted by Gasteiger charge is 2.03. The number of nitrogens with two attached hydrogens (primary N) is 1. The molecule has 2 rings (SSSR count). The number of ether oxygens (including phenoxy) is 1. The summed E-state index contributed by atoms with van der Waals surface area (Å²) in [5.74, 6) is 0.652. The van der Waals surface area contributed by atoms with E-state index >= 15 is 0 Å². The van der Waals surface area contributed by atoms with Crippen LogP contribution in [0.25, 0.3) is 5.69 Å². The van der Waals surface area contributed by atoms with Crippen LogP contribution in [0.3, 0.4) is 0 Å². The fourth-order valence-electron chi connectivity index (χ4n) is 1.28. The van der Waals surface area contributed by atoms with Crippen molar-refractivity contribution in [2.24, 2.45) is 0 Å². The van der Waals surface area contributed by atoms with Gasteiger partial charge in [-0.3, -0.25) is 0 Å². The summed E-state index contributed by atoms with van der Waals surface area (Å²) in [4.78, 5) is 0. The van der Waals surface area contributed by atoms with E-state index in [2.05, 4.69) is 21.0 Å². The standard InChI is InChI=1S/C10H10BrN3O/c1-15-10-4-8(2-3-9(10)12)14-6-7(11)5-13-14/h2-6H,12H2,1H3. The van der Waals surface area contributed by atoms with Gasteiger partial charge in [-0.2, -0.15) is 5.10 Å². The number of hydrogen-bond donors (Lipinski definition) is 1. The molecule has 2 N–H and O–H groups in total. The lowest BCUT2D eigenvalue weighted by atomic mass is 10.2. The van der Waals surface area contributed by atoms with Gasteiger partial charge in [0.25, 0.3) is 0 Å². The molecule has 5 heteroatoms. The Balaban J connectivity index is 2.45. The molecule has 1 aromatic heterocycles.